The van der Waals surface area contributed by atoms with Crippen molar-refractivity contribution in [2.75, 3.05) is 32.6 Å². The molecule has 0 saturated heterocycles. The minimum Gasteiger partial charge on any atom is -0.350 e. The van der Waals surface area contributed by atoms with E-state index in [1.54, 1.807) is 12.9 Å². The minimum atomic E-state index is -2.73. The molecule has 10 nitrogen and oxygen atoms in total. The second-order valence-electron chi connectivity index (χ2n) is 9.75. The van der Waals surface area contributed by atoms with Crippen LogP contribution in [0.3, 0.4) is 0 Å². The van der Waals surface area contributed by atoms with E-state index in [1.807, 2.05) is 0 Å². The second kappa shape index (κ2) is 18.4. The van der Waals surface area contributed by atoms with Crippen molar-refractivity contribution in [3.8, 4) is 37.0 Å². The van der Waals surface area contributed by atoms with Crippen LogP contribution in [0, 0.1) is 42.9 Å². The van der Waals surface area contributed by atoms with Crippen LogP contribution in [0.1, 0.15) is 64.2 Å². The number of hydrogen-bond donors (Lipinski definition) is 4. The van der Waals surface area contributed by atoms with E-state index in [9.17, 15) is 23.7 Å². The summed E-state index contributed by atoms with van der Waals surface area (Å²) >= 11 is 1.20. The van der Waals surface area contributed by atoms with Crippen LogP contribution >= 0.6 is 18.0 Å². The average Bonchev–Trinajstić information content (AvgIpc) is 2.94. The third-order valence-electron chi connectivity index (χ3n) is 6.76. The lowest BCUT2D eigenvalue weighted by atomic mass is 9.81. The molecule has 1 aliphatic rings. The van der Waals surface area contributed by atoms with Gasteiger partial charge in [-0.1, -0.05) is 29.1 Å². The average molecular weight is 593 g/mol. The van der Waals surface area contributed by atoms with E-state index < -0.39 is 12.1 Å². The van der Waals surface area contributed by atoms with E-state index in [0.29, 0.717) is 25.7 Å². The molecule has 4 N–H and O–H groups in total. The molecule has 220 valence electrons. The summed E-state index contributed by atoms with van der Waals surface area (Å²) in [5.41, 5.74) is -1.03. The van der Waals surface area contributed by atoms with Gasteiger partial charge in [0, 0.05) is 37.4 Å². The van der Waals surface area contributed by atoms with Crippen LogP contribution < -0.4 is 21.3 Å². The summed E-state index contributed by atoms with van der Waals surface area (Å²) in [5, 5.41) is 10.9. The highest BCUT2D eigenvalue weighted by Gasteiger charge is 2.37. The minimum absolute atomic E-state index is 0.0287. The zero-order valence-electron chi connectivity index (χ0n) is 23.4. The second-order valence-corrected chi connectivity index (χ2v) is 14.9. The van der Waals surface area contributed by atoms with Crippen molar-refractivity contribution in [2.24, 2.45) is 5.92 Å². The lowest BCUT2D eigenvalue weighted by molar-refractivity contribution is -0.131. The summed E-state index contributed by atoms with van der Waals surface area (Å²) in [6, 6.07) is 0. The molecule has 12 heteroatoms. The Morgan fingerprint density at radius 3 is 1.57 bits per heavy atom. The van der Waals surface area contributed by atoms with Crippen molar-refractivity contribution in [1.29, 1.82) is 0 Å². The maximum Gasteiger partial charge on any atom is 0.254 e. The summed E-state index contributed by atoms with van der Waals surface area (Å²) in [6.45, 7) is -0.957. The van der Waals surface area contributed by atoms with Gasteiger partial charge in [-0.05, 0) is 51.2 Å². The molecule has 1 saturated carbocycles. The van der Waals surface area contributed by atoms with Gasteiger partial charge in [-0.2, -0.15) is 0 Å². The van der Waals surface area contributed by atoms with Crippen LogP contribution in [0.4, 0.5) is 0 Å². The topological polar surface area (TPSA) is 143 Å². The Hall–Kier alpha value is -2.90. The molecule has 0 bridgehead atoms. The number of amides is 4. The third-order valence-corrected chi connectivity index (χ3v) is 10.4. The molecule has 1 unspecified atom stereocenters. The number of carbonyl (C=O) groups is 4. The summed E-state index contributed by atoms with van der Waals surface area (Å²) in [6.07, 6.45) is 20.2. The Balaban J connectivity index is 3.09. The van der Waals surface area contributed by atoms with Crippen LogP contribution in [0.2, 0.25) is 0 Å². The highest BCUT2D eigenvalue weighted by molar-refractivity contribution is 8.56. The summed E-state index contributed by atoms with van der Waals surface area (Å²) in [7, 11) is 0. The molecule has 0 radical (unpaired) electrons. The SMILES string of the molecule is C#CCNC(=O)CCC(CCC(=O)NCC#C)(CCC(=O)NCC#C)NC(=O)[C@H]1CC[C@H](OP(C)(=O)SC)CC1. The number of carbonyl (C=O) groups excluding carboxylic acids is 4. The Bertz CT molecular complexity index is 969. The first kappa shape index (κ1) is 35.1. The van der Waals surface area contributed by atoms with Crippen molar-refractivity contribution in [3.05, 3.63) is 0 Å². The molecule has 1 atom stereocenters. The van der Waals surface area contributed by atoms with Gasteiger partial charge in [0.1, 0.15) is 0 Å². The van der Waals surface area contributed by atoms with Crippen molar-refractivity contribution < 1.29 is 28.3 Å². The van der Waals surface area contributed by atoms with Gasteiger partial charge in [-0.25, -0.2) is 0 Å². The fourth-order valence-corrected chi connectivity index (χ4v) is 5.90. The van der Waals surface area contributed by atoms with Crippen LogP contribution in [0.5, 0.6) is 0 Å². The smallest absolute Gasteiger partial charge is 0.254 e. The molecule has 0 aromatic heterocycles. The maximum atomic E-state index is 13.5. The van der Waals surface area contributed by atoms with Crippen molar-refractivity contribution in [3.63, 3.8) is 0 Å². The first-order chi connectivity index (χ1) is 19.0. The largest absolute Gasteiger partial charge is 0.350 e. The molecule has 0 aromatic carbocycles. The molecule has 0 aliphatic heterocycles. The van der Waals surface area contributed by atoms with Gasteiger partial charge in [-0.15, -0.1) is 19.3 Å². The zero-order chi connectivity index (χ0) is 30.0. The van der Waals surface area contributed by atoms with E-state index in [-0.39, 0.29) is 93.8 Å². The van der Waals surface area contributed by atoms with Gasteiger partial charge in [-0.3, -0.25) is 23.7 Å². The number of nitrogens with one attached hydrogen (secondary N) is 4. The molecule has 40 heavy (non-hydrogen) atoms. The van der Waals surface area contributed by atoms with Gasteiger partial charge in [0.15, 0.2) is 0 Å². The Morgan fingerprint density at radius 2 is 1.23 bits per heavy atom. The first-order valence-electron chi connectivity index (χ1n) is 13.2. The van der Waals surface area contributed by atoms with Gasteiger partial charge in [0.25, 0.3) is 6.57 Å². The fourth-order valence-electron chi connectivity index (χ4n) is 4.44. The highest BCUT2D eigenvalue weighted by atomic mass is 32.7. The van der Waals surface area contributed by atoms with Crippen LogP contribution in [0.15, 0.2) is 0 Å². The third kappa shape index (κ3) is 13.9. The van der Waals surface area contributed by atoms with E-state index in [0.717, 1.165) is 0 Å². The van der Waals surface area contributed by atoms with Crippen LogP contribution in [-0.4, -0.2) is 67.8 Å². The Labute approximate surface area is 242 Å². The standard InChI is InChI=1S/C28H41N4O6PS/c1-6-19-29-24(33)13-16-28(17-14-25(34)30-20-7-2,18-15-26(35)31-21-8-3)32-27(36)22-9-11-23(12-10-22)38-39(4,37)40-5/h1-3,22-23H,9-21H2,4-5H3,(H,29,33)(H,30,34)(H,31,35)(H,32,36)/t22-,23-,39?. The van der Waals surface area contributed by atoms with Crippen LogP contribution in [0.25, 0.3) is 0 Å². The van der Waals surface area contributed by atoms with Crippen LogP contribution in [-0.2, 0) is 28.3 Å². The molecule has 0 heterocycles. The highest BCUT2D eigenvalue weighted by Crippen LogP contribution is 2.56. The number of terminal acetylenes is 3. The van der Waals surface area contributed by atoms with Crippen molar-refractivity contribution in [2.45, 2.75) is 75.9 Å². The van der Waals surface area contributed by atoms with Crippen molar-refractivity contribution >= 4 is 41.6 Å². The molecule has 1 fully saturated rings. The monoisotopic (exact) mass is 592 g/mol. The molecular formula is C28H41N4O6PS. The quantitative estimate of drug-likeness (QED) is 0.150. The van der Waals surface area contributed by atoms with Gasteiger partial charge < -0.3 is 25.8 Å². The lowest BCUT2D eigenvalue weighted by Crippen LogP contribution is -2.52. The summed E-state index contributed by atoms with van der Waals surface area (Å²) < 4.78 is 18.1. The summed E-state index contributed by atoms with van der Waals surface area (Å²) in [4.78, 5) is 50.7. The predicted octanol–water partition coefficient (Wildman–Crippen LogP) is 2.19. The van der Waals surface area contributed by atoms with Gasteiger partial charge in [0.2, 0.25) is 23.6 Å². The molecular weight excluding hydrogens is 551 g/mol. The van der Waals surface area contributed by atoms with Gasteiger partial charge in [0.05, 0.1) is 25.7 Å². The first-order valence-corrected chi connectivity index (χ1v) is 17.1. The number of hydrogen-bond acceptors (Lipinski definition) is 7. The molecule has 1 rings (SSSR count). The lowest BCUT2D eigenvalue weighted by Gasteiger charge is -2.37. The number of rotatable bonds is 17. The van der Waals surface area contributed by atoms with E-state index in [4.69, 9.17) is 23.8 Å². The van der Waals surface area contributed by atoms with E-state index in [2.05, 4.69) is 39.0 Å². The zero-order valence-corrected chi connectivity index (χ0v) is 25.1. The van der Waals surface area contributed by atoms with E-state index >= 15 is 0 Å². The predicted molar refractivity (Wildman–Crippen MR) is 158 cm³/mol. The fraction of sp³-hybridized carbons (Fsp3) is 0.643. The Kier molecular flexibility index (Phi) is 16.2. The molecule has 0 spiro atoms. The molecule has 1 aliphatic carbocycles. The van der Waals surface area contributed by atoms with Gasteiger partial charge >= 0.3 is 0 Å². The maximum absolute atomic E-state index is 13.5. The Morgan fingerprint density at radius 1 is 0.825 bits per heavy atom. The van der Waals surface area contributed by atoms with Crippen molar-refractivity contribution in [1.82, 2.24) is 21.3 Å². The normalized spacial score (nSPS) is 18.1. The molecule has 4 amide bonds. The molecule has 0 aromatic rings. The van der Waals surface area contributed by atoms with E-state index in [1.165, 1.54) is 11.4 Å². The summed E-state index contributed by atoms with van der Waals surface area (Å²) in [5.74, 6) is 5.56.